The second-order valence-electron chi connectivity index (χ2n) is 4.49. The maximum absolute atomic E-state index is 12.1. The first-order valence-electron chi connectivity index (χ1n) is 6.60. The number of amides is 1. The standard InChI is InChI=1S/C15H15N3O4S/c1-2-9-17-23(21,22)12-7-5-11(6-8-12)15(20)18-14-13(19)4-3-10-16-14/h2-8,10,17,19H,1,9H2,(H,16,18,20). The van der Waals surface area contributed by atoms with E-state index < -0.39 is 15.9 Å². The van der Waals surface area contributed by atoms with Gasteiger partial charge in [-0.05, 0) is 36.4 Å². The van der Waals surface area contributed by atoms with E-state index in [0.717, 1.165) is 0 Å². The van der Waals surface area contributed by atoms with Crippen LogP contribution in [0.15, 0.2) is 60.1 Å². The van der Waals surface area contributed by atoms with E-state index in [1.807, 2.05) is 0 Å². The van der Waals surface area contributed by atoms with Gasteiger partial charge in [-0.1, -0.05) is 6.08 Å². The molecule has 1 aromatic carbocycles. The van der Waals surface area contributed by atoms with Gasteiger partial charge in [0.2, 0.25) is 10.0 Å². The highest BCUT2D eigenvalue weighted by atomic mass is 32.2. The number of sulfonamides is 1. The number of benzene rings is 1. The Morgan fingerprint density at radius 2 is 1.96 bits per heavy atom. The molecule has 2 rings (SSSR count). The first kappa shape index (κ1) is 16.7. The molecule has 0 spiro atoms. The number of hydrogen-bond donors (Lipinski definition) is 3. The minimum Gasteiger partial charge on any atom is -0.504 e. The molecule has 0 saturated carbocycles. The number of anilines is 1. The number of aromatic nitrogens is 1. The summed E-state index contributed by atoms with van der Waals surface area (Å²) in [7, 11) is -3.64. The van der Waals surface area contributed by atoms with E-state index in [-0.39, 0.29) is 28.6 Å². The van der Waals surface area contributed by atoms with Crippen molar-refractivity contribution in [1.29, 1.82) is 0 Å². The second-order valence-corrected chi connectivity index (χ2v) is 6.26. The Kier molecular flexibility index (Phi) is 5.09. The van der Waals surface area contributed by atoms with Crippen molar-refractivity contribution in [2.24, 2.45) is 0 Å². The van der Waals surface area contributed by atoms with Crippen LogP contribution in [0.2, 0.25) is 0 Å². The predicted octanol–water partition coefficient (Wildman–Crippen LogP) is 1.50. The third kappa shape index (κ3) is 4.15. The summed E-state index contributed by atoms with van der Waals surface area (Å²) < 4.78 is 26.1. The quantitative estimate of drug-likeness (QED) is 0.694. The van der Waals surface area contributed by atoms with Crippen molar-refractivity contribution in [3.8, 4) is 5.75 Å². The van der Waals surface area contributed by atoms with Gasteiger partial charge < -0.3 is 10.4 Å². The summed E-state index contributed by atoms with van der Waals surface area (Å²) in [4.78, 5) is 15.9. The number of carbonyl (C=O) groups excluding carboxylic acids is 1. The number of nitrogens with zero attached hydrogens (tertiary/aromatic N) is 1. The number of rotatable bonds is 6. The summed E-state index contributed by atoms with van der Waals surface area (Å²) in [6.07, 6.45) is 2.86. The Balaban J connectivity index is 2.15. The Labute approximate surface area is 133 Å². The SMILES string of the molecule is C=CCNS(=O)(=O)c1ccc(C(=O)Nc2ncccc2O)cc1. The van der Waals surface area contributed by atoms with E-state index >= 15 is 0 Å². The van der Waals surface area contributed by atoms with Crippen LogP contribution < -0.4 is 10.0 Å². The zero-order valence-corrected chi connectivity index (χ0v) is 12.9. The van der Waals surface area contributed by atoms with E-state index in [1.165, 1.54) is 48.7 Å². The van der Waals surface area contributed by atoms with Gasteiger partial charge in [0, 0.05) is 18.3 Å². The predicted molar refractivity (Wildman–Crippen MR) is 85.7 cm³/mol. The van der Waals surface area contributed by atoms with Crippen molar-refractivity contribution in [2.75, 3.05) is 11.9 Å². The molecule has 0 unspecified atom stereocenters. The average molecular weight is 333 g/mol. The minimum absolute atomic E-state index is 0.0295. The molecule has 8 heteroatoms. The van der Waals surface area contributed by atoms with Gasteiger partial charge in [0.25, 0.3) is 5.91 Å². The molecule has 3 N–H and O–H groups in total. The molecule has 0 aliphatic heterocycles. The first-order valence-corrected chi connectivity index (χ1v) is 8.08. The highest BCUT2D eigenvalue weighted by molar-refractivity contribution is 7.89. The summed E-state index contributed by atoms with van der Waals surface area (Å²) in [6.45, 7) is 3.55. The van der Waals surface area contributed by atoms with E-state index in [1.54, 1.807) is 0 Å². The van der Waals surface area contributed by atoms with Crippen molar-refractivity contribution < 1.29 is 18.3 Å². The van der Waals surface area contributed by atoms with Gasteiger partial charge in [-0.15, -0.1) is 6.58 Å². The third-order valence-corrected chi connectivity index (χ3v) is 4.30. The van der Waals surface area contributed by atoms with Crippen LogP contribution in [0.4, 0.5) is 5.82 Å². The highest BCUT2D eigenvalue weighted by Crippen LogP contribution is 2.19. The monoisotopic (exact) mass is 333 g/mol. The van der Waals surface area contributed by atoms with Crippen LogP contribution in [0.25, 0.3) is 0 Å². The van der Waals surface area contributed by atoms with Crippen molar-refractivity contribution in [2.45, 2.75) is 4.90 Å². The molecule has 0 aliphatic carbocycles. The summed E-state index contributed by atoms with van der Waals surface area (Å²) in [5, 5.41) is 12.0. The lowest BCUT2D eigenvalue weighted by Crippen LogP contribution is -2.23. The topological polar surface area (TPSA) is 108 Å². The Morgan fingerprint density at radius 3 is 2.57 bits per heavy atom. The Bertz CT molecular complexity index is 817. The molecule has 23 heavy (non-hydrogen) atoms. The van der Waals surface area contributed by atoms with E-state index in [9.17, 15) is 18.3 Å². The molecule has 0 aliphatic rings. The molecule has 1 amide bonds. The van der Waals surface area contributed by atoms with Crippen molar-refractivity contribution in [3.63, 3.8) is 0 Å². The lowest BCUT2D eigenvalue weighted by molar-refractivity contribution is 0.102. The van der Waals surface area contributed by atoms with Crippen molar-refractivity contribution >= 4 is 21.7 Å². The van der Waals surface area contributed by atoms with Gasteiger partial charge in [-0.2, -0.15) is 0 Å². The molecule has 7 nitrogen and oxygen atoms in total. The molecule has 0 saturated heterocycles. The van der Waals surface area contributed by atoms with Crippen LogP contribution in [0, 0.1) is 0 Å². The molecule has 0 radical (unpaired) electrons. The summed E-state index contributed by atoms with van der Waals surface area (Å²) >= 11 is 0. The summed E-state index contributed by atoms with van der Waals surface area (Å²) in [5.41, 5.74) is 0.234. The van der Waals surface area contributed by atoms with E-state index in [0.29, 0.717) is 0 Å². The lowest BCUT2D eigenvalue weighted by atomic mass is 10.2. The lowest BCUT2D eigenvalue weighted by Gasteiger charge is -2.07. The largest absolute Gasteiger partial charge is 0.504 e. The molecule has 2 aromatic rings. The molecule has 1 aromatic heterocycles. The number of hydrogen-bond acceptors (Lipinski definition) is 5. The van der Waals surface area contributed by atoms with Crippen LogP contribution >= 0.6 is 0 Å². The van der Waals surface area contributed by atoms with Gasteiger partial charge in [0.05, 0.1) is 4.90 Å². The fraction of sp³-hybridized carbons (Fsp3) is 0.0667. The molecular formula is C15H15N3O4S. The fourth-order valence-electron chi connectivity index (χ4n) is 1.71. The molecular weight excluding hydrogens is 318 g/mol. The average Bonchev–Trinajstić information content (AvgIpc) is 2.55. The van der Waals surface area contributed by atoms with Crippen LogP contribution in [-0.4, -0.2) is 31.0 Å². The number of pyridine rings is 1. The Morgan fingerprint density at radius 1 is 1.26 bits per heavy atom. The van der Waals surface area contributed by atoms with Crippen LogP contribution in [-0.2, 0) is 10.0 Å². The zero-order chi connectivity index (χ0) is 16.9. The minimum atomic E-state index is -3.64. The van der Waals surface area contributed by atoms with Crippen LogP contribution in [0.1, 0.15) is 10.4 Å². The van der Waals surface area contributed by atoms with Crippen molar-refractivity contribution in [1.82, 2.24) is 9.71 Å². The maximum atomic E-state index is 12.1. The highest BCUT2D eigenvalue weighted by Gasteiger charge is 2.14. The van der Waals surface area contributed by atoms with E-state index in [4.69, 9.17) is 0 Å². The molecule has 0 fully saturated rings. The van der Waals surface area contributed by atoms with Gasteiger partial charge in [-0.3, -0.25) is 4.79 Å². The first-order chi connectivity index (χ1) is 10.9. The Hall–Kier alpha value is -2.71. The summed E-state index contributed by atoms with van der Waals surface area (Å²) in [6, 6.07) is 8.30. The normalized spacial score (nSPS) is 11.0. The maximum Gasteiger partial charge on any atom is 0.256 e. The van der Waals surface area contributed by atoms with Gasteiger partial charge in [-0.25, -0.2) is 18.1 Å². The van der Waals surface area contributed by atoms with Gasteiger partial charge >= 0.3 is 0 Å². The smallest absolute Gasteiger partial charge is 0.256 e. The summed E-state index contributed by atoms with van der Waals surface area (Å²) in [5.74, 6) is -0.641. The number of carbonyl (C=O) groups is 1. The van der Waals surface area contributed by atoms with Crippen molar-refractivity contribution in [3.05, 3.63) is 60.8 Å². The fourth-order valence-corrected chi connectivity index (χ4v) is 2.71. The van der Waals surface area contributed by atoms with Gasteiger partial charge in [0.15, 0.2) is 11.6 Å². The second kappa shape index (κ2) is 7.03. The molecule has 0 bridgehead atoms. The molecule has 120 valence electrons. The molecule has 1 heterocycles. The van der Waals surface area contributed by atoms with Crippen LogP contribution in [0.5, 0.6) is 5.75 Å². The van der Waals surface area contributed by atoms with Crippen LogP contribution in [0.3, 0.4) is 0 Å². The number of nitrogens with one attached hydrogen (secondary N) is 2. The van der Waals surface area contributed by atoms with E-state index in [2.05, 4.69) is 21.6 Å². The van der Waals surface area contributed by atoms with Gasteiger partial charge in [0.1, 0.15) is 0 Å². The number of aromatic hydroxyl groups is 1. The zero-order valence-electron chi connectivity index (χ0n) is 12.1. The molecule has 0 atom stereocenters. The third-order valence-electron chi connectivity index (χ3n) is 2.86.